The van der Waals surface area contributed by atoms with Crippen LogP contribution in [0.3, 0.4) is 0 Å². The van der Waals surface area contributed by atoms with Crippen molar-refractivity contribution < 1.29 is 17.7 Å². The molecule has 72 valence electrons. The van der Waals surface area contributed by atoms with Crippen LogP contribution in [-0.4, -0.2) is 16.1 Å². The molecule has 1 aliphatic rings. The predicted octanol–water partition coefficient (Wildman–Crippen LogP) is 1.97. The Hall–Kier alpha value is -1.07. The minimum Gasteiger partial charge on any atom is -0.340 e. The lowest BCUT2D eigenvalue weighted by atomic mass is 9.78. The Kier molecular flexibility index (Phi) is 1.47. The lowest BCUT2D eigenvalue weighted by Crippen LogP contribution is -2.46. The molecule has 0 N–H and O–H groups in total. The van der Waals surface area contributed by atoms with E-state index in [0.717, 1.165) is 0 Å². The third-order valence-corrected chi connectivity index (χ3v) is 2.01. The highest BCUT2D eigenvalue weighted by Crippen LogP contribution is 2.53. The van der Waals surface area contributed by atoms with Crippen molar-refractivity contribution in [2.45, 2.75) is 31.4 Å². The highest BCUT2D eigenvalue weighted by atomic mass is 19.3. The van der Waals surface area contributed by atoms with E-state index in [1.807, 2.05) is 0 Å². The van der Waals surface area contributed by atoms with Crippen molar-refractivity contribution >= 4 is 0 Å². The van der Waals surface area contributed by atoms with Gasteiger partial charge in [0.25, 0.3) is 5.92 Å². The smallest absolute Gasteiger partial charge is 0.255 e. The molecule has 3 nitrogen and oxygen atoms in total. The van der Waals surface area contributed by atoms with Crippen molar-refractivity contribution in [1.29, 1.82) is 0 Å². The summed E-state index contributed by atoms with van der Waals surface area (Å²) in [6, 6.07) is 0. The Morgan fingerprint density at radius 1 is 1.31 bits per heavy atom. The van der Waals surface area contributed by atoms with Crippen molar-refractivity contribution in [2.75, 3.05) is 0 Å². The molecule has 0 radical (unpaired) electrons. The first-order valence-electron chi connectivity index (χ1n) is 3.79. The van der Waals surface area contributed by atoms with Crippen LogP contribution in [0.5, 0.6) is 0 Å². The lowest BCUT2D eigenvalue weighted by Gasteiger charge is -2.38. The Labute approximate surface area is 71.9 Å². The molecule has 1 saturated carbocycles. The third-order valence-electron chi connectivity index (χ3n) is 2.01. The van der Waals surface area contributed by atoms with Gasteiger partial charge in [0.15, 0.2) is 5.67 Å². The van der Waals surface area contributed by atoms with E-state index < -0.39 is 24.4 Å². The summed E-state index contributed by atoms with van der Waals surface area (Å²) in [5.41, 5.74) is -2.10. The van der Waals surface area contributed by atoms with E-state index in [0.29, 0.717) is 0 Å². The van der Waals surface area contributed by atoms with E-state index in [1.54, 1.807) is 0 Å². The van der Waals surface area contributed by atoms with Gasteiger partial charge in [-0.25, -0.2) is 13.2 Å². The average Bonchev–Trinajstić information content (AvgIpc) is 2.31. The molecule has 1 aromatic heterocycles. The molecule has 0 spiro atoms. The van der Waals surface area contributed by atoms with E-state index in [1.165, 1.54) is 6.92 Å². The van der Waals surface area contributed by atoms with Crippen molar-refractivity contribution in [3.05, 3.63) is 11.7 Å². The maximum absolute atomic E-state index is 13.5. The SMILES string of the molecule is Cc1nc(C2(F)CC(F)(F)C2)no1. The van der Waals surface area contributed by atoms with Gasteiger partial charge in [-0.3, -0.25) is 0 Å². The average molecular weight is 192 g/mol. The maximum Gasteiger partial charge on any atom is 0.255 e. The molecule has 0 bridgehead atoms. The number of halogens is 3. The maximum atomic E-state index is 13.5. The summed E-state index contributed by atoms with van der Waals surface area (Å²) in [4.78, 5) is 3.58. The van der Waals surface area contributed by atoms with Crippen molar-refractivity contribution in [2.24, 2.45) is 0 Å². The fraction of sp³-hybridized carbons (Fsp3) is 0.714. The summed E-state index contributed by atoms with van der Waals surface area (Å²) in [6.45, 7) is 1.48. The summed E-state index contributed by atoms with van der Waals surface area (Å²) >= 11 is 0. The zero-order chi connectivity index (χ0) is 9.69. The monoisotopic (exact) mass is 192 g/mol. The van der Waals surface area contributed by atoms with Crippen molar-refractivity contribution in [3.8, 4) is 0 Å². The zero-order valence-electron chi connectivity index (χ0n) is 6.85. The summed E-state index contributed by atoms with van der Waals surface area (Å²) in [5.74, 6) is -3.01. The molecule has 1 aromatic rings. The van der Waals surface area contributed by atoms with Crippen LogP contribution in [0.4, 0.5) is 13.2 Å². The Morgan fingerprint density at radius 2 is 1.92 bits per heavy atom. The standard InChI is InChI=1S/C7H7F3N2O/c1-4-11-5(12-13-4)6(8)2-7(9,10)3-6/h2-3H2,1H3. The van der Waals surface area contributed by atoms with E-state index in [-0.39, 0.29) is 11.7 Å². The second kappa shape index (κ2) is 2.24. The molecule has 0 amide bonds. The highest BCUT2D eigenvalue weighted by molar-refractivity contribution is 5.11. The van der Waals surface area contributed by atoms with Crippen molar-refractivity contribution in [1.82, 2.24) is 10.1 Å². The van der Waals surface area contributed by atoms with Crippen molar-refractivity contribution in [3.63, 3.8) is 0 Å². The molecule has 0 unspecified atom stereocenters. The van der Waals surface area contributed by atoms with Crippen LogP contribution in [0.2, 0.25) is 0 Å². The number of hydrogen-bond acceptors (Lipinski definition) is 3. The molecular weight excluding hydrogens is 185 g/mol. The molecule has 1 fully saturated rings. The molecule has 2 rings (SSSR count). The molecule has 1 heterocycles. The lowest BCUT2D eigenvalue weighted by molar-refractivity contribution is -0.178. The topological polar surface area (TPSA) is 38.9 Å². The van der Waals surface area contributed by atoms with Crippen LogP contribution >= 0.6 is 0 Å². The fourth-order valence-corrected chi connectivity index (χ4v) is 1.41. The van der Waals surface area contributed by atoms with Gasteiger partial charge in [0.05, 0.1) is 12.8 Å². The Bertz CT molecular complexity index is 328. The second-order valence-electron chi connectivity index (χ2n) is 3.31. The normalized spacial score (nSPS) is 24.0. The van der Waals surface area contributed by atoms with Gasteiger partial charge < -0.3 is 4.52 Å². The number of aromatic nitrogens is 2. The van der Waals surface area contributed by atoms with E-state index in [9.17, 15) is 13.2 Å². The number of nitrogens with zero attached hydrogens (tertiary/aromatic N) is 2. The minimum atomic E-state index is -2.93. The quantitative estimate of drug-likeness (QED) is 0.682. The predicted molar refractivity (Wildman–Crippen MR) is 36.0 cm³/mol. The van der Waals surface area contributed by atoms with Crippen LogP contribution in [0.25, 0.3) is 0 Å². The number of alkyl halides is 3. The Morgan fingerprint density at radius 3 is 2.31 bits per heavy atom. The minimum absolute atomic E-state index is 0.183. The molecule has 1 aliphatic carbocycles. The molecule has 0 saturated heterocycles. The summed E-state index contributed by atoms with van der Waals surface area (Å²) < 4.78 is 42.8. The van der Waals surface area contributed by atoms with Gasteiger partial charge in [-0.2, -0.15) is 4.98 Å². The molecule has 0 atom stereocenters. The number of hydrogen-bond donors (Lipinski definition) is 0. The van der Waals surface area contributed by atoms with Crippen LogP contribution in [0.15, 0.2) is 4.52 Å². The van der Waals surface area contributed by atoms with Crippen LogP contribution < -0.4 is 0 Å². The van der Waals surface area contributed by atoms with Gasteiger partial charge in [0.1, 0.15) is 0 Å². The number of rotatable bonds is 1. The van der Waals surface area contributed by atoms with E-state index in [4.69, 9.17) is 0 Å². The Balaban J connectivity index is 2.20. The molecule has 13 heavy (non-hydrogen) atoms. The van der Waals surface area contributed by atoms with E-state index >= 15 is 0 Å². The first-order chi connectivity index (χ1) is 5.91. The third kappa shape index (κ3) is 1.30. The first kappa shape index (κ1) is 8.52. The van der Waals surface area contributed by atoms with Gasteiger partial charge in [0.2, 0.25) is 11.7 Å². The van der Waals surface area contributed by atoms with Gasteiger partial charge in [-0.1, -0.05) is 5.16 Å². The fourth-order valence-electron chi connectivity index (χ4n) is 1.41. The van der Waals surface area contributed by atoms with Gasteiger partial charge in [-0.05, 0) is 0 Å². The van der Waals surface area contributed by atoms with Gasteiger partial charge in [0, 0.05) is 6.92 Å². The summed E-state index contributed by atoms with van der Waals surface area (Å²) in [6.07, 6.45) is -1.70. The first-order valence-corrected chi connectivity index (χ1v) is 3.79. The highest BCUT2D eigenvalue weighted by Gasteiger charge is 2.61. The summed E-state index contributed by atoms with van der Waals surface area (Å²) in [5, 5.41) is 3.28. The van der Waals surface area contributed by atoms with Gasteiger partial charge in [-0.15, -0.1) is 0 Å². The largest absolute Gasteiger partial charge is 0.340 e. The number of aryl methyl sites for hydroxylation is 1. The van der Waals surface area contributed by atoms with Gasteiger partial charge >= 0.3 is 0 Å². The zero-order valence-corrected chi connectivity index (χ0v) is 6.85. The molecule has 0 aromatic carbocycles. The molecule has 0 aliphatic heterocycles. The summed E-state index contributed by atoms with van der Waals surface area (Å²) in [7, 11) is 0. The molecule has 6 heteroatoms. The van der Waals surface area contributed by atoms with Crippen LogP contribution in [0.1, 0.15) is 24.6 Å². The van der Waals surface area contributed by atoms with Crippen LogP contribution in [0, 0.1) is 6.92 Å². The molecular formula is C7H7F3N2O. The second-order valence-corrected chi connectivity index (χ2v) is 3.31. The van der Waals surface area contributed by atoms with E-state index in [2.05, 4.69) is 14.7 Å². The van der Waals surface area contributed by atoms with Crippen LogP contribution in [-0.2, 0) is 5.67 Å².